The van der Waals surface area contributed by atoms with Gasteiger partial charge in [0.25, 0.3) is 0 Å². The van der Waals surface area contributed by atoms with Gasteiger partial charge in [-0.3, -0.25) is 0 Å². The number of aryl methyl sites for hydroxylation is 1. The van der Waals surface area contributed by atoms with Gasteiger partial charge < -0.3 is 15.2 Å². The van der Waals surface area contributed by atoms with E-state index in [1.54, 1.807) is 24.3 Å². The Kier molecular flexibility index (Phi) is 5.74. The van der Waals surface area contributed by atoms with E-state index >= 15 is 0 Å². The topological polar surface area (TPSA) is 41.5 Å². The van der Waals surface area contributed by atoms with Gasteiger partial charge in [-0.15, -0.1) is 0 Å². The van der Waals surface area contributed by atoms with Gasteiger partial charge in [-0.25, -0.2) is 0 Å². The lowest BCUT2D eigenvalue weighted by Gasteiger charge is -2.15. The van der Waals surface area contributed by atoms with Crippen LogP contribution >= 0.6 is 23.2 Å². The second-order valence-electron chi connectivity index (χ2n) is 4.78. The molecule has 2 aromatic carbocycles. The maximum absolute atomic E-state index is 9.93. The molecular formula is C16H17Cl2NO2. The fraction of sp³-hybridized carbons (Fsp3) is 0.250. The van der Waals surface area contributed by atoms with E-state index in [0.717, 1.165) is 11.3 Å². The molecule has 0 amide bonds. The van der Waals surface area contributed by atoms with Gasteiger partial charge in [0.05, 0.1) is 10.7 Å². The highest BCUT2D eigenvalue weighted by molar-refractivity contribution is 6.33. The first-order valence-electron chi connectivity index (χ1n) is 6.61. The number of aliphatic hydroxyl groups is 1. The minimum absolute atomic E-state index is 0.193. The summed E-state index contributed by atoms with van der Waals surface area (Å²) in [5, 5.41) is 14.3. The maximum Gasteiger partial charge on any atom is 0.119 e. The van der Waals surface area contributed by atoms with Gasteiger partial charge in [-0.05, 0) is 48.9 Å². The maximum atomic E-state index is 9.93. The van der Waals surface area contributed by atoms with Gasteiger partial charge in [-0.1, -0.05) is 29.3 Å². The predicted octanol–water partition coefficient (Wildman–Crippen LogP) is 4.15. The zero-order chi connectivity index (χ0) is 15.2. The van der Waals surface area contributed by atoms with Crippen molar-refractivity contribution in [1.29, 1.82) is 0 Å². The zero-order valence-corrected chi connectivity index (χ0v) is 13.2. The van der Waals surface area contributed by atoms with Crippen molar-refractivity contribution in [3.63, 3.8) is 0 Å². The van der Waals surface area contributed by atoms with Crippen molar-refractivity contribution in [1.82, 2.24) is 0 Å². The zero-order valence-electron chi connectivity index (χ0n) is 11.6. The summed E-state index contributed by atoms with van der Waals surface area (Å²) < 4.78 is 5.48. The first kappa shape index (κ1) is 16.0. The summed E-state index contributed by atoms with van der Waals surface area (Å²) in [7, 11) is 0. The van der Waals surface area contributed by atoms with Crippen LogP contribution in [0.1, 0.15) is 5.56 Å². The van der Waals surface area contributed by atoms with Crippen molar-refractivity contribution in [2.45, 2.75) is 13.0 Å². The van der Waals surface area contributed by atoms with Crippen molar-refractivity contribution in [2.75, 3.05) is 18.5 Å². The third kappa shape index (κ3) is 5.12. The quantitative estimate of drug-likeness (QED) is 0.838. The van der Waals surface area contributed by atoms with Gasteiger partial charge in [-0.2, -0.15) is 0 Å². The van der Waals surface area contributed by atoms with Crippen molar-refractivity contribution in [3.8, 4) is 5.75 Å². The number of rotatable bonds is 6. The lowest BCUT2D eigenvalue weighted by atomic mass is 10.2. The third-order valence-electron chi connectivity index (χ3n) is 2.91. The van der Waals surface area contributed by atoms with Gasteiger partial charge in [0.1, 0.15) is 18.5 Å². The first-order chi connectivity index (χ1) is 10.0. The fourth-order valence-electron chi connectivity index (χ4n) is 1.78. The monoisotopic (exact) mass is 325 g/mol. The number of ether oxygens (including phenoxy) is 1. The number of halogens is 2. The van der Waals surface area contributed by atoms with Crippen LogP contribution in [-0.4, -0.2) is 24.4 Å². The van der Waals surface area contributed by atoms with Crippen LogP contribution in [0.4, 0.5) is 5.69 Å². The van der Waals surface area contributed by atoms with Crippen molar-refractivity contribution in [2.24, 2.45) is 0 Å². The molecule has 0 spiro atoms. The Hall–Kier alpha value is -1.42. The highest BCUT2D eigenvalue weighted by Gasteiger charge is 2.07. The van der Waals surface area contributed by atoms with E-state index in [0.29, 0.717) is 22.3 Å². The van der Waals surface area contributed by atoms with E-state index < -0.39 is 6.10 Å². The smallest absolute Gasteiger partial charge is 0.119 e. The summed E-state index contributed by atoms with van der Waals surface area (Å²) in [6.45, 7) is 2.54. The molecule has 5 heteroatoms. The lowest BCUT2D eigenvalue weighted by molar-refractivity contribution is 0.117. The van der Waals surface area contributed by atoms with Crippen molar-refractivity contribution < 1.29 is 9.84 Å². The number of nitrogens with one attached hydrogen (secondary N) is 1. The van der Waals surface area contributed by atoms with E-state index in [1.165, 1.54) is 0 Å². The SMILES string of the molecule is Cc1ccc(Cl)c(NCC(O)COc2ccc(Cl)cc2)c1. The van der Waals surface area contributed by atoms with E-state index in [4.69, 9.17) is 27.9 Å². The first-order valence-corrected chi connectivity index (χ1v) is 7.36. The Morgan fingerprint density at radius 3 is 2.57 bits per heavy atom. The van der Waals surface area contributed by atoms with Crippen LogP contribution in [0.3, 0.4) is 0 Å². The van der Waals surface area contributed by atoms with E-state index in [1.807, 2.05) is 25.1 Å². The number of hydrogen-bond donors (Lipinski definition) is 2. The van der Waals surface area contributed by atoms with Crippen LogP contribution < -0.4 is 10.1 Å². The van der Waals surface area contributed by atoms with Crippen LogP contribution in [-0.2, 0) is 0 Å². The van der Waals surface area contributed by atoms with Crippen molar-refractivity contribution >= 4 is 28.9 Å². The van der Waals surface area contributed by atoms with Crippen LogP contribution in [0.2, 0.25) is 10.0 Å². The van der Waals surface area contributed by atoms with E-state index in [2.05, 4.69) is 5.32 Å². The molecule has 0 aromatic heterocycles. The average molecular weight is 326 g/mol. The number of anilines is 1. The minimum atomic E-state index is -0.641. The molecule has 0 saturated heterocycles. The summed E-state index contributed by atoms with van der Waals surface area (Å²) >= 11 is 11.9. The van der Waals surface area contributed by atoms with Crippen LogP contribution in [0.25, 0.3) is 0 Å². The third-order valence-corrected chi connectivity index (χ3v) is 3.49. The molecule has 0 radical (unpaired) electrons. The lowest BCUT2D eigenvalue weighted by Crippen LogP contribution is -2.26. The van der Waals surface area contributed by atoms with Crippen molar-refractivity contribution in [3.05, 3.63) is 58.1 Å². The highest BCUT2D eigenvalue weighted by Crippen LogP contribution is 2.22. The Labute approximate surface area is 134 Å². The number of aliphatic hydroxyl groups excluding tert-OH is 1. The Morgan fingerprint density at radius 2 is 1.86 bits per heavy atom. The predicted molar refractivity (Wildman–Crippen MR) is 87.6 cm³/mol. The molecule has 0 bridgehead atoms. The number of benzene rings is 2. The van der Waals surface area contributed by atoms with Crippen LogP contribution in [0.15, 0.2) is 42.5 Å². The summed E-state index contributed by atoms with van der Waals surface area (Å²) in [5.74, 6) is 0.673. The molecule has 21 heavy (non-hydrogen) atoms. The second-order valence-corrected chi connectivity index (χ2v) is 5.63. The molecule has 2 N–H and O–H groups in total. The van der Waals surface area contributed by atoms with E-state index in [9.17, 15) is 5.11 Å². The fourth-order valence-corrected chi connectivity index (χ4v) is 2.09. The standard InChI is InChI=1S/C16H17Cl2NO2/c1-11-2-7-15(18)16(8-11)19-9-13(20)10-21-14-5-3-12(17)4-6-14/h2-8,13,19-20H,9-10H2,1H3. The Morgan fingerprint density at radius 1 is 1.14 bits per heavy atom. The molecule has 1 atom stereocenters. The van der Waals surface area contributed by atoms with E-state index in [-0.39, 0.29) is 6.61 Å². The number of hydrogen-bond acceptors (Lipinski definition) is 3. The van der Waals surface area contributed by atoms with Gasteiger partial charge in [0.15, 0.2) is 0 Å². The molecule has 3 nitrogen and oxygen atoms in total. The minimum Gasteiger partial charge on any atom is -0.491 e. The Bertz CT molecular complexity index is 587. The molecule has 0 aliphatic heterocycles. The summed E-state index contributed by atoms with van der Waals surface area (Å²) in [6.07, 6.45) is -0.641. The largest absolute Gasteiger partial charge is 0.491 e. The normalized spacial score (nSPS) is 12.0. The summed E-state index contributed by atoms with van der Waals surface area (Å²) in [5.41, 5.74) is 1.91. The van der Waals surface area contributed by atoms with Crippen LogP contribution in [0.5, 0.6) is 5.75 Å². The summed E-state index contributed by atoms with van der Waals surface area (Å²) in [6, 6.07) is 12.7. The summed E-state index contributed by atoms with van der Waals surface area (Å²) in [4.78, 5) is 0. The Balaban J connectivity index is 1.80. The molecule has 2 aromatic rings. The van der Waals surface area contributed by atoms with Gasteiger partial charge >= 0.3 is 0 Å². The molecular weight excluding hydrogens is 309 g/mol. The molecule has 0 aliphatic rings. The van der Waals surface area contributed by atoms with Crippen LogP contribution in [0, 0.1) is 6.92 Å². The molecule has 0 heterocycles. The van der Waals surface area contributed by atoms with Gasteiger partial charge in [0.2, 0.25) is 0 Å². The highest BCUT2D eigenvalue weighted by atomic mass is 35.5. The molecule has 1 unspecified atom stereocenters. The molecule has 112 valence electrons. The molecule has 0 aliphatic carbocycles. The molecule has 0 saturated carbocycles. The average Bonchev–Trinajstić information content (AvgIpc) is 2.47. The molecule has 0 fully saturated rings. The second kappa shape index (κ2) is 7.55. The van der Waals surface area contributed by atoms with Gasteiger partial charge in [0, 0.05) is 11.6 Å². The molecule has 2 rings (SSSR count).